The summed E-state index contributed by atoms with van der Waals surface area (Å²) in [5.41, 5.74) is 1.85. The van der Waals surface area contributed by atoms with Gasteiger partial charge in [-0.3, -0.25) is 0 Å². The molecule has 3 rings (SSSR count). The molecule has 0 saturated carbocycles. The van der Waals surface area contributed by atoms with Gasteiger partial charge in [-0.1, -0.05) is 60.7 Å². The van der Waals surface area contributed by atoms with Gasteiger partial charge < -0.3 is 0 Å². The van der Waals surface area contributed by atoms with Crippen LogP contribution >= 0.6 is 0 Å². The van der Waals surface area contributed by atoms with Crippen molar-refractivity contribution in [2.24, 2.45) is 0 Å². The van der Waals surface area contributed by atoms with Gasteiger partial charge in [-0.05, 0) is 4.89 Å². The van der Waals surface area contributed by atoms with E-state index in [1.165, 1.54) is 0 Å². The highest BCUT2D eigenvalue weighted by Crippen LogP contribution is 2.40. The second-order valence-corrected chi connectivity index (χ2v) is 3.90. The highest BCUT2D eigenvalue weighted by Gasteiger charge is 2.57. The summed E-state index contributed by atoms with van der Waals surface area (Å²) in [4.78, 5) is 10.3. The van der Waals surface area contributed by atoms with Crippen LogP contribution in [-0.4, -0.2) is 6.61 Å². The molecule has 2 heteroatoms. The molecule has 1 heterocycles. The summed E-state index contributed by atoms with van der Waals surface area (Å²) in [6.45, 7) is 0.570. The lowest BCUT2D eigenvalue weighted by Gasteiger charge is -2.27. The number of hydrogen-bond acceptors (Lipinski definition) is 2. The summed E-state index contributed by atoms with van der Waals surface area (Å²) < 4.78 is 0. The van der Waals surface area contributed by atoms with Crippen LogP contribution in [0.3, 0.4) is 0 Å². The third-order valence-corrected chi connectivity index (χ3v) is 2.94. The van der Waals surface area contributed by atoms with Gasteiger partial charge in [0.1, 0.15) is 0 Å². The van der Waals surface area contributed by atoms with E-state index in [4.69, 9.17) is 9.78 Å². The Kier molecular flexibility index (Phi) is 2.24. The molecule has 0 amide bonds. The van der Waals surface area contributed by atoms with Crippen molar-refractivity contribution in [1.29, 1.82) is 0 Å². The van der Waals surface area contributed by atoms with Crippen LogP contribution < -0.4 is 0 Å². The van der Waals surface area contributed by atoms with Crippen LogP contribution in [0.2, 0.25) is 0 Å². The molecule has 2 aromatic carbocycles. The Balaban J connectivity index is 2.08. The number of hydrogen-bond donors (Lipinski definition) is 0. The van der Waals surface area contributed by atoms with Gasteiger partial charge in [0.2, 0.25) is 0 Å². The molecule has 1 aliphatic heterocycles. The maximum absolute atomic E-state index is 5.39. The molecule has 0 unspecified atom stereocenters. The minimum atomic E-state index is -0.414. The maximum Gasteiger partial charge on any atom is 0.324 e. The Morgan fingerprint density at radius 1 is 0.812 bits per heavy atom. The van der Waals surface area contributed by atoms with Gasteiger partial charge >= 0.3 is 6.61 Å². The molecule has 0 aliphatic carbocycles. The first-order valence-electron chi connectivity index (χ1n) is 5.33. The first kappa shape index (κ1) is 9.58. The Bertz CT molecular complexity index is 419. The van der Waals surface area contributed by atoms with Crippen LogP contribution in [0.25, 0.3) is 0 Å². The molecule has 1 fully saturated rings. The van der Waals surface area contributed by atoms with Gasteiger partial charge in [-0.25, -0.2) is 0 Å². The van der Waals surface area contributed by atoms with E-state index >= 15 is 0 Å². The van der Waals surface area contributed by atoms with E-state index in [0.717, 1.165) is 11.1 Å². The molecular weight excluding hydrogens is 200 g/mol. The molecule has 0 aromatic heterocycles. The van der Waals surface area contributed by atoms with Crippen LogP contribution in [0.5, 0.6) is 0 Å². The highest BCUT2D eigenvalue weighted by atomic mass is 17.2. The summed E-state index contributed by atoms with van der Waals surface area (Å²) in [5, 5.41) is 0. The molecule has 1 radical (unpaired) electrons. The summed E-state index contributed by atoms with van der Waals surface area (Å²) >= 11 is 0. The first-order chi connectivity index (χ1) is 7.92. The van der Waals surface area contributed by atoms with Crippen LogP contribution in [0.4, 0.5) is 0 Å². The van der Waals surface area contributed by atoms with E-state index in [2.05, 4.69) is 24.3 Å². The van der Waals surface area contributed by atoms with Crippen LogP contribution in [0.1, 0.15) is 11.1 Å². The summed E-state index contributed by atoms with van der Waals surface area (Å²) in [6.07, 6.45) is 0. The van der Waals surface area contributed by atoms with Crippen molar-refractivity contribution in [2.45, 2.75) is 5.60 Å². The van der Waals surface area contributed by atoms with Gasteiger partial charge in [0.05, 0.1) is 4.89 Å². The van der Waals surface area contributed by atoms with Crippen molar-refractivity contribution in [3.63, 3.8) is 0 Å². The normalized spacial score (nSPS) is 17.8. The van der Waals surface area contributed by atoms with Crippen molar-refractivity contribution >= 4 is 0 Å². The molecule has 0 bridgehead atoms. The Hall–Kier alpha value is -1.64. The predicted octanol–water partition coefficient (Wildman–Crippen LogP) is 2.89. The van der Waals surface area contributed by atoms with Gasteiger partial charge in [0.25, 0.3) is 5.60 Å². The Morgan fingerprint density at radius 2 is 1.25 bits per heavy atom. The quantitative estimate of drug-likeness (QED) is 0.563. The van der Waals surface area contributed by atoms with Gasteiger partial charge in [-0.15, -0.1) is 0 Å². The molecule has 0 spiro atoms. The number of rotatable bonds is 2. The topological polar surface area (TPSA) is 20.5 Å². The van der Waals surface area contributed by atoms with E-state index in [-0.39, 0.29) is 0 Å². The SMILES string of the molecule is c1ccc(C2(c3ccccc3)C[O+]O2)cc1. The fraction of sp³-hybridized carbons (Fsp3) is 0.143. The summed E-state index contributed by atoms with van der Waals surface area (Å²) in [7, 11) is 0. The van der Waals surface area contributed by atoms with Crippen molar-refractivity contribution in [2.75, 3.05) is 6.61 Å². The molecule has 79 valence electrons. The zero-order chi connectivity index (χ0) is 10.8. The van der Waals surface area contributed by atoms with E-state index in [0.29, 0.717) is 6.61 Å². The fourth-order valence-electron chi connectivity index (χ4n) is 2.02. The lowest BCUT2D eigenvalue weighted by Crippen LogP contribution is -2.45. The minimum absolute atomic E-state index is 0.414. The molecule has 1 saturated heterocycles. The standard InChI is InChI=1S/C14H12O2/c1-3-7-12(8-4-1)14(11-15-16-14)13-9-5-2-6-10-13/h1-10H,11H2/q+1. The van der Waals surface area contributed by atoms with E-state index in [1.54, 1.807) is 0 Å². The predicted molar refractivity (Wildman–Crippen MR) is 60.7 cm³/mol. The Labute approximate surface area is 94.4 Å². The van der Waals surface area contributed by atoms with Crippen molar-refractivity contribution in [1.82, 2.24) is 0 Å². The van der Waals surface area contributed by atoms with Crippen molar-refractivity contribution in [3.05, 3.63) is 71.8 Å². The van der Waals surface area contributed by atoms with Gasteiger partial charge in [0.15, 0.2) is 0 Å². The molecule has 2 aromatic rings. The van der Waals surface area contributed by atoms with E-state index < -0.39 is 5.60 Å². The number of benzene rings is 2. The highest BCUT2D eigenvalue weighted by molar-refractivity contribution is 5.37. The van der Waals surface area contributed by atoms with Crippen LogP contribution in [0, 0.1) is 0 Å². The van der Waals surface area contributed by atoms with Gasteiger partial charge in [-0.2, -0.15) is 0 Å². The molecule has 0 N–H and O–H groups in total. The van der Waals surface area contributed by atoms with Crippen LogP contribution in [-0.2, 0) is 15.4 Å². The summed E-state index contributed by atoms with van der Waals surface area (Å²) in [6, 6.07) is 20.3. The molecule has 0 atom stereocenters. The molecule has 2 nitrogen and oxygen atoms in total. The molecular formula is C14H12O2+. The smallest absolute Gasteiger partial charge is 0.0622 e. The lowest BCUT2D eigenvalue weighted by molar-refractivity contribution is -0.465. The van der Waals surface area contributed by atoms with E-state index in [1.807, 2.05) is 36.4 Å². The second-order valence-electron chi connectivity index (χ2n) is 3.90. The minimum Gasteiger partial charge on any atom is -0.0622 e. The van der Waals surface area contributed by atoms with Crippen molar-refractivity contribution < 1.29 is 9.78 Å². The largest absolute Gasteiger partial charge is 0.324 e. The Morgan fingerprint density at radius 3 is 1.56 bits per heavy atom. The monoisotopic (exact) mass is 212 g/mol. The van der Waals surface area contributed by atoms with Gasteiger partial charge in [0, 0.05) is 11.1 Å². The van der Waals surface area contributed by atoms with E-state index in [9.17, 15) is 0 Å². The summed E-state index contributed by atoms with van der Waals surface area (Å²) in [5.74, 6) is 0. The average Bonchev–Trinajstić information content (AvgIpc) is 2.31. The average molecular weight is 212 g/mol. The van der Waals surface area contributed by atoms with Crippen molar-refractivity contribution in [3.8, 4) is 0 Å². The molecule has 1 aliphatic rings. The second kappa shape index (κ2) is 3.74. The zero-order valence-electron chi connectivity index (χ0n) is 8.80. The maximum atomic E-state index is 5.39. The third kappa shape index (κ3) is 1.35. The molecule has 16 heavy (non-hydrogen) atoms. The fourth-order valence-corrected chi connectivity index (χ4v) is 2.02. The lowest BCUT2D eigenvalue weighted by atomic mass is 9.86. The first-order valence-corrected chi connectivity index (χ1v) is 5.33. The van der Waals surface area contributed by atoms with Crippen LogP contribution in [0.15, 0.2) is 60.7 Å². The third-order valence-electron chi connectivity index (χ3n) is 2.94. The zero-order valence-corrected chi connectivity index (χ0v) is 8.80.